The quantitative estimate of drug-likeness (QED) is 0.818. The van der Waals surface area contributed by atoms with Crippen LogP contribution < -0.4 is 4.74 Å². The fourth-order valence-corrected chi connectivity index (χ4v) is 2.79. The molecule has 1 aliphatic heterocycles. The zero-order valence-corrected chi connectivity index (χ0v) is 15.1. The van der Waals surface area contributed by atoms with E-state index >= 15 is 0 Å². The van der Waals surface area contributed by atoms with Crippen LogP contribution in [-0.2, 0) is 9.59 Å². The minimum Gasteiger partial charge on any atom is -0.484 e. The van der Waals surface area contributed by atoms with E-state index in [1.165, 1.54) is 0 Å². The maximum atomic E-state index is 12.3. The third-order valence-electron chi connectivity index (χ3n) is 3.96. The van der Waals surface area contributed by atoms with Crippen molar-refractivity contribution in [3.05, 3.63) is 29.3 Å². The van der Waals surface area contributed by atoms with Crippen molar-refractivity contribution in [2.75, 3.05) is 32.8 Å². The fraction of sp³-hybridized carbons (Fsp3) is 0.556. The molecule has 132 valence electrons. The highest BCUT2D eigenvalue weighted by molar-refractivity contribution is 6.30. The van der Waals surface area contributed by atoms with Crippen LogP contribution in [-0.4, -0.2) is 54.4 Å². The average molecular weight is 353 g/mol. The fourth-order valence-electron chi connectivity index (χ4n) is 2.66. The topological polar surface area (TPSA) is 49.9 Å². The van der Waals surface area contributed by atoms with Crippen molar-refractivity contribution in [3.63, 3.8) is 0 Å². The predicted octanol–water partition coefficient (Wildman–Crippen LogP) is 2.83. The molecule has 0 saturated carbocycles. The van der Waals surface area contributed by atoms with E-state index in [0.717, 1.165) is 6.42 Å². The van der Waals surface area contributed by atoms with Crippen molar-refractivity contribution in [3.8, 4) is 5.75 Å². The number of rotatable bonds is 5. The number of hydrogen-bond acceptors (Lipinski definition) is 3. The summed E-state index contributed by atoms with van der Waals surface area (Å²) >= 11 is 5.82. The van der Waals surface area contributed by atoms with Crippen molar-refractivity contribution in [2.24, 2.45) is 5.92 Å². The summed E-state index contributed by atoms with van der Waals surface area (Å²) in [5.41, 5.74) is 0. The number of hydrogen-bond donors (Lipinski definition) is 0. The molecule has 1 fully saturated rings. The smallest absolute Gasteiger partial charge is 0.260 e. The number of nitrogens with zero attached hydrogens (tertiary/aromatic N) is 2. The molecule has 0 aromatic heterocycles. The van der Waals surface area contributed by atoms with E-state index in [2.05, 4.69) is 0 Å². The number of halogens is 1. The van der Waals surface area contributed by atoms with Crippen molar-refractivity contribution >= 4 is 23.4 Å². The van der Waals surface area contributed by atoms with Crippen molar-refractivity contribution in [2.45, 2.75) is 26.7 Å². The molecule has 6 heteroatoms. The number of ether oxygens (including phenoxy) is 1. The number of benzene rings is 1. The van der Waals surface area contributed by atoms with E-state index < -0.39 is 0 Å². The molecule has 0 radical (unpaired) electrons. The second-order valence-corrected chi connectivity index (χ2v) is 6.89. The summed E-state index contributed by atoms with van der Waals surface area (Å²) in [5, 5.41) is 0.632. The molecular weight excluding hydrogens is 328 g/mol. The first-order chi connectivity index (χ1) is 11.5. The third kappa shape index (κ3) is 5.71. The van der Waals surface area contributed by atoms with Crippen LogP contribution in [0.5, 0.6) is 5.75 Å². The molecule has 2 amide bonds. The summed E-state index contributed by atoms with van der Waals surface area (Å²) in [5.74, 6) is 1.10. The van der Waals surface area contributed by atoms with Gasteiger partial charge in [0.25, 0.3) is 5.91 Å². The van der Waals surface area contributed by atoms with Gasteiger partial charge in [0, 0.05) is 37.6 Å². The summed E-state index contributed by atoms with van der Waals surface area (Å²) in [6.45, 7) is 6.62. The Labute approximate surface area is 148 Å². The lowest BCUT2D eigenvalue weighted by molar-refractivity contribution is -0.135. The summed E-state index contributed by atoms with van der Waals surface area (Å²) in [7, 11) is 0. The zero-order chi connectivity index (χ0) is 17.5. The minimum absolute atomic E-state index is 0.00156. The van der Waals surface area contributed by atoms with Crippen molar-refractivity contribution in [1.82, 2.24) is 9.80 Å². The molecular formula is C18H25ClN2O3. The van der Waals surface area contributed by atoms with Crippen LogP contribution in [0.4, 0.5) is 0 Å². The molecule has 2 rings (SSSR count). The third-order valence-corrected chi connectivity index (χ3v) is 4.21. The molecule has 1 saturated heterocycles. The summed E-state index contributed by atoms with van der Waals surface area (Å²) in [6, 6.07) is 6.94. The summed E-state index contributed by atoms with van der Waals surface area (Å²) in [6.07, 6.45) is 1.37. The average Bonchev–Trinajstić information content (AvgIpc) is 2.79. The molecule has 0 N–H and O–H groups in total. The van der Waals surface area contributed by atoms with E-state index in [4.69, 9.17) is 16.3 Å². The molecule has 1 aliphatic rings. The highest BCUT2D eigenvalue weighted by atomic mass is 35.5. The Morgan fingerprint density at radius 2 is 1.62 bits per heavy atom. The first kappa shape index (κ1) is 18.6. The maximum absolute atomic E-state index is 12.3. The minimum atomic E-state index is -0.0527. The Hall–Kier alpha value is -1.75. The number of amides is 2. The second kappa shape index (κ2) is 8.92. The van der Waals surface area contributed by atoms with Crippen molar-refractivity contribution < 1.29 is 14.3 Å². The highest BCUT2D eigenvalue weighted by Gasteiger charge is 2.22. The maximum Gasteiger partial charge on any atom is 0.260 e. The van der Waals surface area contributed by atoms with Gasteiger partial charge in [0.05, 0.1) is 0 Å². The number of carbonyl (C=O) groups excluding carboxylic acids is 2. The van der Waals surface area contributed by atoms with Gasteiger partial charge in [0.2, 0.25) is 5.91 Å². The molecule has 0 aliphatic carbocycles. The van der Waals surface area contributed by atoms with Crippen LogP contribution in [0.25, 0.3) is 0 Å². The molecule has 1 aromatic carbocycles. The van der Waals surface area contributed by atoms with E-state index in [1.54, 1.807) is 29.2 Å². The van der Waals surface area contributed by atoms with Crippen LogP contribution in [0.1, 0.15) is 26.7 Å². The van der Waals surface area contributed by atoms with E-state index in [-0.39, 0.29) is 18.4 Å². The van der Waals surface area contributed by atoms with Gasteiger partial charge in [-0.2, -0.15) is 0 Å². The van der Waals surface area contributed by atoms with Crippen LogP contribution in [0.2, 0.25) is 5.02 Å². The lowest BCUT2D eigenvalue weighted by Crippen LogP contribution is -2.39. The highest BCUT2D eigenvalue weighted by Crippen LogP contribution is 2.16. The van der Waals surface area contributed by atoms with Crippen molar-refractivity contribution in [1.29, 1.82) is 0 Å². The van der Waals surface area contributed by atoms with Gasteiger partial charge in [-0.05, 0) is 36.6 Å². The zero-order valence-electron chi connectivity index (χ0n) is 14.3. The van der Waals surface area contributed by atoms with Gasteiger partial charge >= 0.3 is 0 Å². The molecule has 1 heterocycles. The standard InChI is InChI=1S/C18H25ClN2O3/c1-14(2)12-17(22)20-8-3-9-21(11-10-20)18(23)13-24-16-6-4-15(19)5-7-16/h4-7,14H,3,8-13H2,1-2H3. The molecule has 5 nitrogen and oxygen atoms in total. The Balaban J connectivity index is 1.81. The largest absolute Gasteiger partial charge is 0.484 e. The SMILES string of the molecule is CC(C)CC(=O)N1CCCN(C(=O)COc2ccc(Cl)cc2)CC1. The van der Waals surface area contributed by atoms with Crippen LogP contribution in [0, 0.1) is 5.92 Å². The lowest BCUT2D eigenvalue weighted by atomic mass is 10.1. The van der Waals surface area contributed by atoms with Crippen LogP contribution >= 0.6 is 11.6 Å². The second-order valence-electron chi connectivity index (χ2n) is 6.46. The lowest BCUT2D eigenvalue weighted by Gasteiger charge is -2.23. The van der Waals surface area contributed by atoms with Gasteiger partial charge in [-0.1, -0.05) is 25.4 Å². The van der Waals surface area contributed by atoms with Gasteiger partial charge in [-0.15, -0.1) is 0 Å². The summed E-state index contributed by atoms with van der Waals surface area (Å²) < 4.78 is 5.51. The van der Waals surface area contributed by atoms with E-state index in [9.17, 15) is 9.59 Å². The van der Waals surface area contributed by atoms with Crippen LogP contribution in [0.15, 0.2) is 24.3 Å². The van der Waals surface area contributed by atoms with Gasteiger partial charge in [0.15, 0.2) is 6.61 Å². The Bertz CT molecular complexity index is 560. The van der Waals surface area contributed by atoms with Gasteiger partial charge in [-0.3, -0.25) is 9.59 Å². The Morgan fingerprint density at radius 1 is 1.04 bits per heavy atom. The molecule has 0 unspecified atom stereocenters. The Kier molecular flexibility index (Phi) is 6.91. The first-order valence-corrected chi connectivity index (χ1v) is 8.77. The van der Waals surface area contributed by atoms with Gasteiger partial charge in [-0.25, -0.2) is 0 Å². The number of carbonyl (C=O) groups is 2. The summed E-state index contributed by atoms with van der Waals surface area (Å²) in [4.78, 5) is 28.1. The molecule has 1 aromatic rings. The Morgan fingerprint density at radius 3 is 2.21 bits per heavy atom. The molecule has 0 bridgehead atoms. The molecule has 24 heavy (non-hydrogen) atoms. The van der Waals surface area contributed by atoms with Crippen LogP contribution in [0.3, 0.4) is 0 Å². The van der Waals surface area contributed by atoms with E-state index in [1.807, 2.05) is 18.7 Å². The normalized spacial score (nSPS) is 15.3. The van der Waals surface area contributed by atoms with Gasteiger partial charge in [0.1, 0.15) is 5.75 Å². The first-order valence-electron chi connectivity index (χ1n) is 8.39. The predicted molar refractivity (Wildman–Crippen MR) is 94.2 cm³/mol. The van der Waals surface area contributed by atoms with Gasteiger partial charge < -0.3 is 14.5 Å². The molecule has 0 spiro atoms. The van der Waals surface area contributed by atoms with E-state index in [0.29, 0.717) is 49.3 Å². The molecule has 0 atom stereocenters. The monoisotopic (exact) mass is 352 g/mol.